The lowest BCUT2D eigenvalue weighted by atomic mass is 9.91. The van der Waals surface area contributed by atoms with Crippen molar-refractivity contribution >= 4 is 5.91 Å². The van der Waals surface area contributed by atoms with Crippen molar-refractivity contribution in [1.82, 2.24) is 15.1 Å². The molecule has 1 fully saturated rings. The summed E-state index contributed by atoms with van der Waals surface area (Å²) in [5.74, 6) is 1.54. The summed E-state index contributed by atoms with van der Waals surface area (Å²) in [4.78, 5) is 17.2. The van der Waals surface area contributed by atoms with E-state index in [1.807, 2.05) is 25.1 Å². The van der Waals surface area contributed by atoms with Crippen molar-refractivity contribution in [3.63, 3.8) is 0 Å². The number of ether oxygens (including phenoxy) is 1. The van der Waals surface area contributed by atoms with Gasteiger partial charge in [0.1, 0.15) is 5.75 Å². The number of carbonyl (C=O) groups excluding carboxylic acids is 1. The second kappa shape index (κ2) is 11.9. The predicted molar refractivity (Wildman–Crippen MR) is 141 cm³/mol. The topological polar surface area (TPSA) is 44.8 Å². The van der Waals surface area contributed by atoms with E-state index >= 15 is 0 Å². The van der Waals surface area contributed by atoms with E-state index in [-0.39, 0.29) is 5.91 Å². The lowest BCUT2D eigenvalue weighted by Gasteiger charge is -2.44. The quantitative estimate of drug-likeness (QED) is 0.471. The Labute approximate surface area is 206 Å². The van der Waals surface area contributed by atoms with Crippen LogP contribution in [-0.2, 0) is 0 Å². The zero-order valence-corrected chi connectivity index (χ0v) is 22.2. The third-order valence-corrected chi connectivity index (χ3v) is 7.34. The number of hydrogen-bond donors (Lipinski definition) is 1. The third-order valence-electron chi connectivity index (χ3n) is 7.34. The van der Waals surface area contributed by atoms with Gasteiger partial charge in [-0.2, -0.15) is 0 Å². The molecule has 0 spiro atoms. The number of hydrogen-bond acceptors (Lipinski definition) is 4. The van der Waals surface area contributed by atoms with Crippen LogP contribution in [0.2, 0.25) is 0 Å². The first-order valence-electron chi connectivity index (χ1n) is 12.6. The average Bonchev–Trinajstić information content (AvgIpc) is 2.76. The second-order valence-electron chi connectivity index (χ2n) is 10.3. The van der Waals surface area contributed by atoms with Crippen molar-refractivity contribution in [2.75, 3.05) is 46.9 Å². The minimum absolute atomic E-state index is 0.0263. The fourth-order valence-electron chi connectivity index (χ4n) is 4.61. The van der Waals surface area contributed by atoms with E-state index in [4.69, 9.17) is 4.74 Å². The maximum absolute atomic E-state index is 12.5. The van der Waals surface area contributed by atoms with Gasteiger partial charge in [-0.3, -0.25) is 9.69 Å². The first kappa shape index (κ1) is 26.2. The molecule has 0 aromatic heterocycles. The van der Waals surface area contributed by atoms with Gasteiger partial charge in [0.05, 0.1) is 6.61 Å². The Morgan fingerprint density at radius 2 is 1.79 bits per heavy atom. The molecule has 1 heterocycles. The SMILES string of the molecule is Cc1ccc(C(=O)NCC2CN(C(C)c3ccc(OCCCCN(C)C)c(C)c3C)C2)cc1C. The molecule has 2 aromatic carbocycles. The number of benzene rings is 2. The van der Waals surface area contributed by atoms with Crippen LogP contribution in [0.15, 0.2) is 30.3 Å². The van der Waals surface area contributed by atoms with Gasteiger partial charge in [0.15, 0.2) is 0 Å². The Balaban J connectivity index is 1.46. The van der Waals surface area contributed by atoms with E-state index in [1.165, 1.54) is 22.3 Å². The minimum atomic E-state index is 0.0263. The number of rotatable bonds is 11. The number of aryl methyl sites for hydroxylation is 2. The highest BCUT2D eigenvalue weighted by Gasteiger charge is 2.32. The Morgan fingerprint density at radius 1 is 1.06 bits per heavy atom. The fraction of sp³-hybridized carbons (Fsp3) is 0.552. The predicted octanol–water partition coefficient (Wildman–Crippen LogP) is 5.06. The van der Waals surface area contributed by atoms with Gasteiger partial charge in [-0.15, -0.1) is 0 Å². The van der Waals surface area contributed by atoms with Crippen molar-refractivity contribution in [3.05, 3.63) is 63.7 Å². The lowest BCUT2D eigenvalue weighted by Crippen LogP contribution is -2.52. The van der Waals surface area contributed by atoms with Crippen molar-refractivity contribution < 1.29 is 9.53 Å². The molecule has 0 aliphatic carbocycles. The fourth-order valence-corrected chi connectivity index (χ4v) is 4.61. The summed E-state index contributed by atoms with van der Waals surface area (Å²) in [7, 11) is 4.22. The van der Waals surface area contributed by atoms with Gasteiger partial charge < -0.3 is 15.0 Å². The summed E-state index contributed by atoms with van der Waals surface area (Å²) >= 11 is 0. The molecule has 0 bridgehead atoms. The molecule has 3 rings (SSSR count). The molecule has 5 nitrogen and oxygen atoms in total. The molecule has 0 saturated carbocycles. The number of amides is 1. The number of nitrogens with one attached hydrogen (secondary N) is 1. The summed E-state index contributed by atoms with van der Waals surface area (Å²) in [6, 6.07) is 10.6. The number of unbranched alkanes of at least 4 members (excludes halogenated alkanes) is 1. The molecule has 1 atom stereocenters. The largest absolute Gasteiger partial charge is 0.493 e. The van der Waals surface area contributed by atoms with E-state index in [1.54, 1.807) is 0 Å². The number of nitrogens with zero attached hydrogens (tertiary/aromatic N) is 2. The standard InChI is InChI=1S/C29H43N3O2/c1-20-10-11-26(16-21(20)2)29(33)30-17-25-18-32(19-25)24(5)27-12-13-28(23(4)22(27)3)34-15-9-8-14-31(6)7/h10-13,16,24-25H,8-9,14-15,17-19H2,1-7H3,(H,30,33). The molecule has 1 N–H and O–H groups in total. The molecule has 2 aromatic rings. The molecule has 1 aliphatic rings. The molecule has 1 unspecified atom stereocenters. The Bertz CT molecular complexity index is 980. The van der Waals surface area contributed by atoms with Crippen LogP contribution < -0.4 is 10.1 Å². The monoisotopic (exact) mass is 465 g/mol. The van der Waals surface area contributed by atoms with Crippen LogP contribution in [0, 0.1) is 33.6 Å². The van der Waals surface area contributed by atoms with Crippen molar-refractivity contribution in [2.24, 2.45) is 5.92 Å². The Kier molecular flexibility index (Phi) is 9.15. The summed E-state index contributed by atoms with van der Waals surface area (Å²) in [6.45, 7) is 15.4. The summed E-state index contributed by atoms with van der Waals surface area (Å²) in [5.41, 5.74) is 7.06. The summed E-state index contributed by atoms with van der Waals surface area (Å²) in [5, 5.41) is 3.12. The maximum Gasteiger partial charge on any atom is 0.251 e. The van der Waals surface area contributed by atoms with Crippen molar-refractivity contribution in [3.8, 4) is 5.75 Å². The summed E-state index contributed by atoms with van der Waals surface area (Å²) < 4.78 is 6.08. The highest BCUT2D eigenvalue weighted by atomic mass is 16.5. The minimum Gasteiger partial charge on any atom is -0.493 e. The van der Waals surface area contributed by atoms with Gasteiger partial charge in [0.2, 0.25) is 0 Å². The van der Waals surface area contributed by atoms with E-state index < -0.39 is 0 Å². The van der Waals surface area contributed by atoms with E-state index in [2.05, 4.69) is 69.0 Å². The molecule has 186 valence electrons. The van der Waals surface area contributed by atoms with Gasteiger partial charge in [-0.1, -0.05) is 12.1 Å². The molecule has 1 amide bonds. The van der Waals surface area contributed by atoms with Crippen LogP contribution in [0.4, 0.5) is 0 Å². The average molecular weight is 466 g/mol. The molecule has 5 heteroatoms. The van der Waals surface area contributed by atoms with Crippen LogP contribution >= 0.6 is 0 Å². The maximum atomic E-state index is 12.5. The zero-order chi connectivity index (χ0) is 24.8. The zero-order valence-electron chi connectivity index (χ0n) is 22.2. The number of carbonyl (C=O) groups is 1. The van der Waals surface area contributed by atoms with Crippen LogP contribution in [-0.4, -0.2) is 62.6 Å². The Hall–Kier alpha value is -2.37. The van der Waals surface area contributed by atoms with Gasteiger partial charge in [-0.25, -0.2) is 0 Å². The molecule has 34 heavy (non-hydrogen) atoms. The van der Waals surface area contributed by atoms with Crippen LogP contribution in [0.5, 0.6) is 5.75 Å². The molecule has 0 radical (unpaired) electrons. The van der Waals surface area contributed by atoms with Gasteiger partial charge in [-0.05, 0) is 114 Å². The molecular formula is C29H43N3O2. The van der Waals surface area contributed by atoms with Crippen molar-refractivity contribution in [1.29, 1.82) is 0 Å². The van der Waals surface area contributed by atoms with Gasteiger partial charge in [0, 0.05) is 37.2 Å². The molecule has 1 saturated heterocycles. The van der Waals surface area contributed by atoms with Crippen LogP contribution in [0.1, 0.15) is 64.0 Å². The van der Waals surface area contributed by atoms with E-state index in [0.717, 1.165) is 62.5 Å². The highest BCUT2D eigenvalue weighted by molar-refractivity contribution is 5.94. The van der Waals surface area contributed by atoms with Crippen molar-refractivity contribution in [2.45, 2.75) is 53.5 Å². The first-order chi connectivity index (χ1) is 16.2. The van der Waals surface area contributed by atoms with Gasteiger partial charge >= 0.3 is 0 Å². The summed E-state index contributed by atoms with van der Waals surface area (Å²) in [6.07, 6.45) is 2.23. The number of likely N-dealkylation sites (tertiary alicyclic amines) is 1. The molecular weight excluding hydrogens is 422 g/mol. The normalized spacial score (nSPS) is 15.3. The van der Waals surface area contributed by atoms with E-state index in [0.29, 0.717) is 12.0 Å². The van der Waals surface area contributed by atoms with Gasteiger partial charge in [0.25, 0.3) is 5.91 Å². The Morgan fingerprint density at radius 3 is 2.47 bits per heavy atom. The second-order valence-corrected chi connectivity index (χ2v) is 10.3. The van der Waals surface area contributed by atoms with Crippen LogP contribution in [0.3, 0.4) is 0 Å². The molecule has 1 aliphatic heterocycles. The lowest BCUT2D eigenvalue weighted by molar-refractivity contribution is 0.0569. The highest BCUT2D eigenvalue weighted by Crippen LogP contribution is 2.34. The first-order valence-corrected chi connectivity index (χ1v) is 12.6. The van der Waals surface area contributed by atoms with E-state index in [9.17, 15) is 4.79 Å². The third kappa shape index (κ3) is 6.61. The van der Waals surface area contributed by atoms with Crippen LogP contribution in [0.25, 0.3) is 0 Å². The smallest absolute Gasteiger partial charge is 0.251 e.